The number of hydrogen-bond acceptors (Lipinski definition) is 2. The lowest BCUT2D eigenvalue weighted by Gasteiger charge is -2.24. The summed E-state index contributed by atoms with van der Waals surface area (Å²) in [4.78, 5) is 0. The number of ether oxygens (including phenoxy) is 1. The molecule has 0 saturated heterocycles. The van der Waals surface area contributed by atoms with E-state index in [1.165, 1.54) is 0 Å². The number of halogens is 3. The second-order valence-electron chi connectivity index (χ2n) is 4.64. The molecule has 2 nitrogen and oxygen atoms in total. The van der Waals surface area contributed by atoms with Crippen molar-refractivity contribution in [3.63, 3.8) is 0 Å². The summed E-state index contributed by atoms with van der Waals surface area (Å²) in [6, 6.07) is 7.19. The molecule has 2 unspecified atom stereocenters. The van der Waals surface area contributed by atoms with E-state index in [9.17, 15) is 13.2 Å². The van der Waals surface area contributed by atoms with Crippen LogP contribution in [0.3, 0.4) is 0 Å². The Balaban J connectivity index is 2.70. The molecule has 2 atom stereocenters. The van der Waals surface area contributed by atoms with Gasteiger partial charge >= 0.3 is 6.18 Å². The van der Waals surface area contributed by atoms with Gasteiger partial charge in [0.25, 0.3) is 0 Å². The molecule has 0 spiro atoms. The maximum absolute atomic E-state index is 12.1. The molecule has 0 fully saturated rings. The maximum Gasteiger partial charge on any atom is 0.391 e. The van der Waals surface area contributed by atoms with Gasteiger partial charge in [-0.25, -0.2) is 0 Å². The van der Waals surface area contributed by atoms with Crippen molar-refractivity contribution in [2.75, 3.05) is 6.61 Å². The van der Waals surface area contributed by atoms with Crippen LogP contribution in [0.1, 0.15) is 37.0 Å². The Morgan fingerprint density at radius 3 is 2.26 bits per heavy atom. The second kappa shape index (κ2) is 6.91. The summed E-state index contributed by atoms with van der Waals surface area (Å²) in [6.45, 7) is 3.47. The van der Waals surface area contributed by atoms with E-state index < -0.39 is 18.7 Å². The van der Waals surface area contributed by atoms with Gasteiger partial charge in [0.1, 0.15) is 0 Å². The van der Waals surface area contributed by atoms with Crippen LogP contribution in [0.25, 0.3) is 0 Å². The highest BCUT2D eigenvalue weighted by molar-refractivity contribution is 5.24. The molecule has 1 rings (SSSR count). The minimum atomic E-state index is -4.20. The molecule has 108 valence electrons. The Morgan fingerprint density at radius 1 is 1.21 bits per heavy atom. The van der Waals surface area contributed by atoms with Crippen molar-refractivity contribution >= 4 is 0 Å². The minimum Gasteiger partial charge on any atom is -0.372 e. The Morgan fingerprint density at radius 2 is 1.79 bits per heavy atom. The van der Waals surface area contributed by atoms with E-state index in [1.807, 2.05) is 38.1 Å². The highest BCUT2D eigenvalue weighted by Gasteiger charge is 2.28. The average molecular weight is 275 g/mol. The molecule has 0 saturated carbocycles. The van der Waals surface area contributed by atoms with Crippen molar-refractivity contribution in [3.05, 3.63) is 35.4 Å². The molecule has 0 amide bonds. The van der Waals surface area contributed by atoms with E-state index in [-0.39, 0.29) is 12.6 Å². The molecular formula is C14H20F3NO. The van der Waals surface area contributed by atoms with Gasteiger partial charge in [-0.3, -0.25) is 0 Å². The van der Waals surface area contributed by atoms with Gasteiger partial charge < -0.3 is 10.5 Å². The first-order valence-corrected chi connectivity index (χ1v) is 6.34. The van der Waals surface area contributed by atoms with Crippen molar-refractivity contribution < 1.29 is 17.9 Å². The van der Waals surface area contributed by atoms with Gasteiger partial charge in [0, 0.05) is 6.04 Å². The first-order valence-electron chi connectivity index (χ1n) is 6.34. The fraction of sp³-hybridized carbons (Fsp3) is 0.571. The molecule has 0 aliphatic rings. The smallest absolute Gasteiger partial charge is 0.372 e. The Kier molecular flexibility index (Phi) is 5.82. The lowest BCUT2D eigenvalue weighted by atomic mass is 10.00. The quantitative estimate of drug-likeness (QED) is 0.858. The fourth-order valence-corrected chi connectivity index (χ4v) is 1.74. The van der Waals surface area contributed by atoms with Crippen LogP contribution in [-0.4, -0.2) is 18.8 Å². The first-order chi connectivity index (χ1) is 8.83. The molecule has 0 radical (unpaired) electrons. The Labute approximate surface area is 111 Å². The highest BCUT2D eigenvalue weighted by atomic mass is 19.4. The van der Waals surface area contributed by atoms with Crippen molar-refractivity contribution in [2.24, 2.45) is 5.73 Å². The molecule has 0 aromatic heterocycles. The lowest BCUT2D eigenvalue weighted by Crippen LogP contribution is -2.30. The third-order valence-electron chi connectivity index (χ3n) is 2.95. The molecule has 1 aromatic rings. The van der Waals surface area contributed by atoms with Crippen LogP contribution in [-0.2, 0) is 4.74 Å². The molecule has 1 aromatic carbocycles. The van der Waals surface area contributed by atoms with Crippen LogP contribution >= 0.6 is 0 Å². The van der Waals surface area contributed by atoms with Gasteiger partial charge in [-0.05, 0) is 18.9 Å². The number of rotatable bonds is 6. The summed E-state index contributed by atoms with van der Waals surface area (Å²) in [7, 11) is 0. The van der Waals surface area contributed by atoms with Crippen LogP contribution in [0, 0.1) is 6.92 Å². The molecule has 0 aliphatic carbocycles. The van der Waals surface area contributed by atoms with Crippen LogP contribution in [0.5, 0.6) is 0 Å². The number of nitrogens with two attached hydrogens (primary N) is 1. The van der Waals surface area contributed by atoms with Crippen molar-refractivity contribution in [2.45, 2.75) is 45.0 Å². The van der Waals surface area contributed by atoms with Crippen LogP contribution in [0.2, 0.25) is 0 Å². The molecule has 19 heavy (non-hydrogen) atoms. The fourth-order valence-electron chi connectivity index (χ4n) is 1.74. The number of hydrogen-bond donors (Lipinski definition) is 1. The topological polar surface area (TPSA) is 35.2 Å². The normalized spacial score (nSPS) is 15.3. The third kappa shape index (κ3) is 5.61. The predicted molar refractivity (Wildman–Crippen MR) is 68.8 cm³/mol. The molecule has 5 heteroatoms. The van der Waals surface area contributed by atoms with Crippen molar-refractivity contribution in [3.8, 4) is 0 Å². The molecule has 2 N–H and O–H groups in total. The van der Waals surface area contributed by atoms with Gasteiger partial charge in [0.05, 0.1) is 19.1 Å². The monoisotopic (exact) mass is 275 g/mol. The summed E-state index contributed by atoms with van der Waals surface area (Å²) in [5.41, 5.74) is 7.84. The van der Waals surface area contributed by atoms with Crippen LogP contribution < -0.4 is 5.73 Å². The Hall–Kier alpha value is -1.07. The van der Waals surface area contributed by atoms with Gasteiger partial charge in [-0.15, -0.1) is 0 Å². The van der Waals surface area contributed by atoms with Gasteiger partial charge in [0.15, 0.2) is 0 Å². The SMILES string of the molecule is CCC(N)C(OCCC(F)(F)F)c1ccc(C)cc1. The standard InChI is InChI=1S/C14H20F3NO/c1-3-12(18)13(19-9-8-14(15,16)17)11-6-4-10(2)5-7-11/h4-7,12-13H,3,8-9,18H2,1-2H3. The summed E-state index contributed by atoms with van der Waals surface area (Å²) < 4.78 is 41.8. The zero-order chi connectivity index (χ0) is 14.5. The summed E-state index contributed by atoms with van der Waals surface area (Å²) in [6.07, 6.45) is -5.00. The number of benzene rings is 1. The van der Waals surface area contributed by atoms with Gasteiger partial charge in [-0.1, -0.05) is 36.8 Å². The average Bonchev–Trinajstić information content (AvgIpc) is 2.34. The van der Waals surface area contributed by atoms with E-state index in [4.69, 9.17) is 10.5 Å². The maximum atomic E-state index is 12.1. The van der Waals surface area contributed by atoms with E-state index in [0.29, 0.717) is 6.42 Å². The molecule has 0 heterocycles. The highest BCUT2D eigenvalue weighted by Crippen LogP contribution is 2.25. The predicted octanol–water partition coefficient (Wildman–Crippen LogP) is 3.74. The first kappa shape index (κ1) is 16.0. The van der Waals surface area contributed by atoms with Gasteiger partial charge in [-0.2, -0.15) is 13.2 Å². The van der Waals surface area contributed by atoms with E-state index in [0.717, 1.165) is 11.1 Å². The van der Waals surface area contributed by atoms with Crippen molar-refractivity contribution in [1.82, 2.24) is 0 Å². The Bertz CT molecular complexity index is 375. The molecule has 0 aliphatic heterocycles. The lowest BCUT2D eigenvalue weighted by molar-refractivity contribution is -0.150. The van der Waals surface area contributed by atoms with E-state index in [2.05, 4.69) is 0 Å². The molecular weight excluding hydrogens is 255 g/mol. The second-order valence-corrected chi connectivity index (χ2v) is 4.64. The van der Waals surface area contributed by atoms with E-state index >= 15 is 0 Å². The largest absolute Gasteiger partial charge is 0.391 e. The van der Waals surface area contributed by atoms with Crippen LogP contribution in [0.15, 0.2) is 24.3 Å². The zero-order valence-corrected chi connectivity index (χ0v) is 11.2. The minimum absolute atomic E-state index is 0.309. The van der Waals surface area contributed by atoms with Crippen molar-refractivity contribution in [1.29, 1.82) is 0 Å². The molecule has 0 bridgehead atoms. The summed E-state index contributed by atoms with van der Waals surface area (Å²) in [5, 5.41) is 0. The summed E-state index contributed by atoms with van der Waals surface area (Å²) in [5.74, 6) is 0. The number of alkyl halides is 3. The zero-order valence-electron chi connectivity index (χ0n) is 11.2. The third-order valence-corrected chi connectivity index (χ3v) is 2.95. The summed E-state index contributed by atoms with van der Waals surface area (Å²) >= 11 is 0. The van der Waals surface area contributed by atoms with Crippen LogP contribution in [0.4, 0.5) is 13.2 Å². The van der Waals surface area contributed by atoms with E-state index in [1.54, 1.807) is 0 Å². The van der Waals surface area contributed by atoms with Gasteiger partial charge in [0.2, 0.25) is 0 Å². The number of aryl methyl sites for hydroxylation is 1.